The summed E-state index contributed by atoms with van der Waals surface area (Å²) in [6.07, 6.45) is 0. The van der Waals surface area contributed by atoms with Gasteiger partial charge in [0, 0.05) is 23.1 Å². The third kappa shape index (κ3) is 3.68. The van der Waals surface area contributed by atoms with Crippen LogP contribution in [0, 0.1) is 0 Å². The van der Waals surface area contributed by atoms with Crippen molar-refractivity contribution in [2.24, 2.45) is 0 Å². The van der Waals surface area contributed by atoms with Gasteiger partial charge in [0.1, 0.15) is 5.82 Å². The van der Waals surface area contributed by atoms with Crippen LogP contribution in [0.25, 0.3) is 11.4 Å². The summed E-state index contributed by atoms with van der Waals surface area (Å²) in [5.74, 6) is 1.66. The zero-order valence-corrected chi connectivity index (χ0v) is 11.9. The molecular weight excluding hydrogens is 258 g/mol. The van der Waals surface area contributed by atoms with Gasteiger partial charge in [-0.2, -0.15) is 0 Å². The maximum atomic E-state index is 11.6. The second-order valence-electron chi connectivity index (χ2n) is 4.07. The second kappa shape index (κ2) is 6.54. The highest BCUT2D eigenvalue weighted by Crippen LogP contribution is 2.21. The molecule has 0 aliphatic rings. The van der Waals surface area contributed by atoms with E-state index in [0.29, 0.717) is 12.4 Å². The van der Waals surface area contributed by atoms with E-state index in [4.69, 9.17) is 0 Å². The van der Waals surface area contributed by atoms with Crippen LogP contribution >= 0.6 is 11.8 Å². The number of rotatable bonds is 5. The summed E-state index contributed by atoms with van der Waals surface area (Å²) >= 11 is 1.79. The number of hydrogen-bond acceptors (Lipinski definition) is 4. The molecule has 0 radical (unpaired) electrons. The zero-order chi connectivity index (χ0) is 13.7. The third-order valence-electron chi connectivity index (χ3n) is 2.59. The molecule has 0 atom stereocenters. The Balaban J connectivity index is 2.32. The van der Waals surface area contributed by atoms with Crippen LogP contribution in [-0.2, 0) is 6.54 Å². The van der Waals surface area contributed by atoms with E-state index in [2.05, 4.69) is 22.2 Å². The van der Waals surface area contributed by atoms with Crippen molar-refractivity contribution in [3.05, 3.63) is 46.4 Å². The van der Waals surface area contributed by atoms with Gasteiger partial charge in [-0.1, -0.05) is 19.1 Å². The second-order valence-corrected chi connectivity index (χ2v) is 5.41. The summed E-state index contributed by atoms with van der Waals surface area (Å²) in [6.45, 7) is 2.71. The van der Waals surface area contributed by atoms with Crippen molar-refractivity contribution in [2.75, 3.05) is 12.8 Å². The molecule has 2 N–H and O–H groups in total. The average molecular weight is 275 g/mol. The van der Waals surface area contributed by atoms with E-state index in [1.807, 2.05) is 31.3 Å². The predicted molar refractivity (Wildman–Crippen MR) is 79.5 cm³/mol. The number of nitrogens with zero attached hydrogens (tertiary/aromatic N) is 1. The minimum atomic E-state index is -0.123. The number of benzene rings is 1. The molecule has 0 amide bonds. The Bertz CT molecular complexity index is 592. The number of H-pyrrole nitrogens is 1. The van der Waals surface area contributed by atoms with Gasteiger partial charge < -0.3 is 10.3 Å². The maximum absolute atomic E-state index is 11.6. The van der Waals surface area contributed by atoms with Crippen LogP contribution in [0.2, 0.25) is 0 Å². The minimum absolute atomic E-state index is 0.123. The molecule has 0 saturated carbocycles. The van der Waals surface area contributed by atoms with Crippen LogP contribution in [0.4, 0.5) is 0 Å². The number of aromatic amines is 1. The first-order chi connectivity index (χ1) is 9.22. The molecule has 0 unspecified atom stereocenters. The Morgan fingerprint density at radius 1 is 1.32 bits per heavy atom. The Morgan fingerprint density at radius 3 is 2.68 bits per heavy atom. The van der Waals surface area contributed by atoms with Crippen LogP contribution in [0.1, 0.15) is 12.6 Å². The largest absolute Gasteiger partial charge is 0.314 e. The third-order valence-corrected chi connectivity index (χ3v) is 3.49. The average Bonchev–Trinajstić information content (AvgIpc) is 2.40. The van der Waals surface area contributed by atoms with E-state index >= 15 is 0 Å². The Hall–Kier alpha value is -1.59. The van der Waals surface area contributed by atoms with Crippen LogP contribution in [0.15, 0.2) is 40.0 Å². The van der Waals surface area contributed by atoms with E-state index in [1.165, 1.54) is 11.0 Å². The molecular formula is C14H17N3OS. The molecule has 0 fully saturated rings. The molecule has 4 nitrogen and oxygen atoms in total. The highest BCUT2D eigenvalue weighted by atomic mass is 32.2. The van der Waals surface area contributed by atoms with Crippen LogP contribution in [0.3, 0.4) is 0 Å². The molecule has 0 bridgehead atoms. The summed E-state index contributed by atoms with van der Waals surface area (Å²) in [6, 6.07) is 9.59. The van der Waals surface area contributed by atoms with Crippen molar-refractivity contribution in [3.63, 3.8) is 0 Å². The van der Waals surface area contributed by atoms with Crippen molar-refractivity contribution < 1.29 is 0 Å². The number of thioether (sulfide) groups is 1. The number of nitrogens with one attached hydrogen (secondary N) is 2. The molecule has 1 aromatic heterocycles. The summed E-state index contributed by atoms with van der Waals surface area (Å²) < 4.78 is 0. The number of hydrogen-bond donors (Lipinski definition) is 2. The minimum Gasteiger partial charge on any atom is -0.314 e. The first-order valence-corrected chi connectivity index (χ1v) is 7.19. The van der Waals surface area contributed by atoms with E-state index in [1.54, 1.807) is 11.8 Å². The zero-order valence-electron chi connectivity index (χ0n) is 11.1. The smallest absolute Gasteiger partial charge is 0.251 e. The molecule has 0 aliphatic carbocycles. The SMILES string of the molecule is CCSc1ccc(-c2nc(CNC)cc(=O)[nH]2)cc1. The molecule has 19 heavy (non-hydrogen) atoms. The summed E-state index contributed by atoms with van der Waals surface area (Å²) in [5.41, 5.74) is 1.55. The Labute approximate surface area is 116 Å². The quantitative estimate of drug-likeness (QED) is 0.822. The van der Waals surface area contributed by atoms with Gasteiger partial charge in [0.2, 0.25) is 0 Å². The highest BCUT2D eigenvalue weighted by molar-refractivity contribution is 7.99. The van der Waals surface area contributed by atoms with E-state index in [9.17, 15) is 4.79 Å². The fourth-order valence-corrected chi connectivity index (χ4v) is 2.45. The highest BCUT2D eigenvalue weighted by Gasteiger charge is 2.04. The van der Waals surface area contributed by atoms with Crippen molar-refractivity contribution in [3.8, 4) is 11.4 Å². The van der Waals surface area contributed by atoms with Gasteiger partial charge in [-0.25, -0.2) is 4.98 Å². The lowest BCUT2D eigenvalue weighted by atomic mass is 10.2. The lowest BCUT2D eigenvalue weighted by Gasteiger charge is -2.05. The lowest BCUT2D eigenvalue weighted by molar-refractivity contribution is 0.785. The van der Waals surface area contributed by atoms with Gasteiger partial charge >= 0.3 is 0 Å². The molecule has 5 heteroatoms. The molecule has 2 rings (SSSR count). The van der Waals surface area contributed by atoms with E-state index < -0.39 is 0 Å². The lowest BCUT2D eigenvalue weighted by Crippen LogP contribution is -2.14. The van der Waals surface area contributed by atoms with Crippen LogP contribution < -0.4 is 10.9 Å². The first kappa shape index (κ1) is 13.8. The summed E-state index contributed by atoms with van der Waals surface area (Å²) in [7, 11) is 1.83. The normalized spacial score (nSPS) is 10.6. The molecule has 1 heterocycles. The summed E-state index contributed by atoms with van der Waals surface area (Å²) in [5, 5.41) is 3.00. The van der Waals surface area contributed by atoms with Gasteiger partial charge in [0.25, 0.3) is 5.56 Å². The van der Waals surface area contributed by atoms with E-state index in [0.717, 1.165) is 17.0 Å². The molecule has 0 spiro atoms. The molecule has 0 aliphatic heterocycles. The molecule has 2 aromatic rings. The monoisotopic (exact) mass is 275 g/mol. The van der Waals surface area contributed by atoms with Gasteiger partial charge in [0.15, 0.2) is 0 Å². The maximum Gasteiger partial charge on any atom is 0.251 e. The van der Waals surface area contributed by atoms with Gasteiger partial charge in [-0.15, -0.1) is 11.8 Å². The van der Waals surface area contributed by atoms with Crippen molar-refractivity contribution in [2.45, 2.75) is 18.4 Å². The van der Waals surface area contributed by atoms with Crippen molar-refractivity contribution in [1.82, 2.24) is 15.3 Å². The Kier molecular flexibility index (Phi) is 4.76. The van der Waals surface area contributed by atoms with Crippen LogP contribution in [0.5, 0.6) is 0 Å². The standard InChI is InChI=1S/C14H17N3OS/c1-3-19-12-6-4-10(5-7-12)14-16-11(9-15-2)8-13(18)17-14/h4-8,15H,3,9H2,1-2H3,(H,16,17,18). The van der Waals surface area contributed by atoms with Gasteiger partial charge in [-0.05, 0) is 24.9 Å². The molecule has 1 aromatic carbocycles. The Morgan fingerprint density at radius 2 is 2.05 bits per heavy atom. The number of aromatic nitrogens is 2. The molecule has 100 valence electrons. The van der Waals surface area contributed by atoms with Crippen molar-refractivity contribution >= 4 is 11.8 Å². The fourth-order valence-electron chi connectivity index (χ4n) is 1.79. The summed E-state index contributed by atoms with van der Waals surface area (Å²) in [4.78, 5) is 20.0. The topological polar surface area (TPSA) is 57.8 Å². The first-order valence-electron chi connectivity index (χ1n) is 6.21. The van der Waals surface area contributed by atoms with Gasteiger partial charge in [0.05, 0.1) is 5.69 Å². The van der Waals surface area contributed by atoms with Crippen LogP contribution in [-0.4, -0.2) is 22.8 Å². The predicted octanol–water partition coefficient (Wildman–Crippen LogP) is 2.27. The fraction of sp³-hybridized carbons (Fsp3) is 0.286. The van der Waals surface area contributed by atoms with E-state index in [-0.39, 0.29) is 5.56 Å². The van der Waals surface area contributed by atoms with Gasteiger partial charge in [-0.3, -0.25) is 4.79 Å². The molecule has 0 saturated heterocycles. The van der Waals surface area contributed by atoms with Crippen molar-refractivity contribution in [1.29, 1.82) is 0 Å².